The first-order valence-electron chi connectivity index (χ1n) is 5.80. The Bertz CT molecular complexity index is 667. The summed E-state index contributed by atoms with van der Waals surface area (Å²) in [4.78, 5) is 0. The van der Waals surface area contributed by atoms with Crippen LogP contribution in [0.5, 0.6) is 5.75 Å². The number of benzene rings is 2. The van der Waals surface area contributed by atoms with Gasteiger partial charge >= 0.3 is 0 Å². The highest BCUT2D eigenvalue weighted by Crippen LogP contribution is 2.28. The fourth-order valence-electron chi connectivity index (χ4n) is 1.75. The van der Waals surface area contributed by atoms with Crippen LogP contribution in [0.3, 0.4) is 0 Å². The summed E-state index contributed by atoms with van der Waals surface area (Å²) in [6, 6.07) is 11.1. The van der Waals surface area contributed by atoms with Crippen LogP contribution in [-0.2, 0) is 12.5 Å². The highest BCUT2D eigenvalue weighted by Gasteiger charge is 2.09. The third kappa shape index (κ3) is 3.22. The summed E-state index contributed by atoms with van der Waals surface area (Å²) in [5.74, 6) is 0.329. The van der Waals surface area contributed by atoms with Gasteiger partial charge in [0, 0.05) is 16.1 Å². The number of alkyl halides is 1. The molecule has 0 saturated carbocycles. The van der Waals surface area contributed by atoms with Gasteiger partial charge in [-0.2, -0.15) is 5.26 Å². The molecule has 0 aromatic heterocycles. The van der Waals surface area contributed by atoms with Crippen molar-refractivity contribution in [3.8, 4) is 11.8 Å². The van der Waals surface area contributed by atoms with Gasteiger partial charge in [0.25, 0.3) is 0 Å². The van der Waals surface area contributed by atoms with Crippen molar-refractivity contribution in [3.05, 3.63) is 63.9 Å². The second-order valence-corrected chi connectivity index (χ2v) is 4.73. The van der Waals surface area contributed by atoms with Crippen molar-refractivity contribution >= 4 is 23.2 Å². The van der Waals surface area contributed by atoms with Crippen LogP contribution >= 0.6 is 23.2 Å². The molecule has 0 fully saturated rings. The topological polar surface area (TPSA) is 33.0 Å². The summed E-state index contributed by atoms with van der Waals surface area (Å²) in [7, 11) is 0. The van der Waals surface area contributed by atoms with Crippen LogP contribution in [0.1, 0.15) is 16.7 Å². The van der Waals surface area contributed by atoms with Crippen molar-refractivity contribution in [2.24, 2.45) is 0 Å². The Morgan fingerprint density at radius 2 is 2.05 bits per heavy atom. The normalized spacial score (nSPS) is 10.1. The monoisotopic (exact) mass is 309 g/mol. The predicted octanol–water partition coefficient (Wildman–Crippen LogP) is 4.67. The molecule has 5 heteroatoms. The maximum atomic E-state index is 13.2. The molecule has 2 rings (SSSR count). The van der Waals surface area contributed by atoms with E-state index in [0.717, 1.165) is 0 Å². The van der Waals surface area contributed by atoms with E-state index in [1.807, 2.05) is 6.07 Å². The molecule has 0 radical (unpaired) electrons. The smallest absolute Gasteiger partial charge is 0.125 e. The van der Waals surface area contributed by atoms with Gasteiger partial charge in [0.2, 0.25) is 0 Å². The zero-order valence-electron chi connectivity index (χ0n) is 10.4. The maximum Gasteiger partial charge on any atom is 0.125 e. The zero-order chi connectivity index (χ0) is 14.5. The number of nitriles is 1. The molecule has 0 unspecified atom stereocenters. The highest BCUT2D eigenvalue weighted by atomic mass is 35.5. The Morgan fingerprint density at radius 1 is 1.25 bits per heavy atom. The molecule has 102 valence electrons. The van der Waals surface area contributed by atoms with Crippen LogP contribution < -0.4 is 4.74 Å². The molecular weight excluding hydrogens is 300 g/mol. The number of hydrogen-bond donors (Lipinski definition) is 0. The Kier molecular flexibility index (Phi) is 4.84. The van der Waals surface area contributed by atoms with Gasteiger partial charge in [0.15, 0.2) is 0 Å². The van der Waals surface area contributed by atoms with E-state index in [1.165, 1.54) is 18.2 Å². The van der Waals surface area contributed by atoms with Gasteiger partial charge in [-0.25, -0.2) is 4.39 Å². The lowest BCUT2D eigenvalue weighted by Gasteiger charge is -2.12. The minimum atomic E-state index is -0.411. The molecule has 0 atom stereocenters. The molecule has 0 bridgehead atoms. The van der Waals surface area contributed by atoms with E-state index < -0.39 is 5.82 Å². The van der Waals surface area contributed by atoms with Gasteiger partial charge in [0.05, 0.1) is 17.5 Å². The maximum absolute atomic E-state index is 13.2. The van der Waals surface area contributed by atoms with E-state index in [-0.39, 0.29) is 12.5 Å². The van der Waals surface area contributed by atoms with E-state index >= 15 is 0 Å². The number of rotatable bonds is 4. The van der Waals surface area contributed by atoms with Crippen molar-refractivity contribution < 1.29 is 9.13 Å². The molecule has 2 aromatic carbocycles. The van der Waals surface area contributed by atoms with Crippen molar-refractivity contribution in [2.75, 3.05) is 0 Å². The zero-order valence-corrected chi connectivity index (χ0v) is 11.9. The Labute approximate surface area is 126 Å². The number of halogens is 3. The molecule has 2 aromatic rings. The van der Waals surface area contributed by atoms with Crippen LogP contribution in [0.25, 0.3) is 0 Å². The summed E-state index contributed by atoms with van der Waals surface area (Å²) in [6.07, 6.45) is 0. The van der Waals surface area contributed by atoms with Gasteiger partial charge in [-0.05, 0) is 30.3 Å². The first-order valence-corrected chi connectivity index (χ1v) is 6.71. The van der Waals surface area contributed by atoms with Gasteiger partial charge in [-0.3, -0.25) is 0 Å². The third-order valence-corrected chi connectivity index (χ3v) is 3.40. The summed E-state index contributed by atoms with van der Waals surface area (Å²) in [6.45, 7) is 0.0743. The lowest BCUT2D eigenvalue weighted by atomic mass is 10.1. The average Bonchev–Trinajstić information content (AvgIpc) is 2.45. The minimum absolute atomic E-state index is 0.0743. The van der Waals surface area contributed by atoms with E-state index in [1.54, 1.807) is 18.2 Å². The van der Waals surface area contributed by atoms with E-state index in [4.69, 9.17) is 33.2 Å². The van der Waals surface area contributed by atoms with Crippen LogP contribution in [0, 0.1) is 17.1 Å². The number of hydrogen-bond acceptors (Lipinski definition) is 2. The van der Waals surface area contributed by atoms with Gasteiger partial charge < -0.3 is 4.74 Å². The largest absolute Gasteiger partial charge is 0.488 e. The SMILES string of the molecule is N#Cc1ccc(F)cc1COc1cccc(Cl)c1CCl. The molecule has 0 amide bonds. The fourth-order valence-corrected chi connectivity index (χ4v) is 2.33. The minimum Gasteiger partial charge on any atom is -0.488 e. The van der Waals surface area contributed by atoms with E-state index in [0.29, 0.717) is 27.5 Å². The average molecular weight is 310 g/mol. The molecular formula is C15H10Cl2FNO. The van der Waals surface area contributed by atoms with E-state index in [2.05, 4.69) is 0 Å². The predicted molar refractivity (Wildman–Crippen MR) is 76.5 cm³/mol. The van der Waals surface area contributed by atoms with Crippen molar-refractivity contribution in [1.29, 1.82) is 5.26 Å². The molecule has 20 heavy (non-hydrogen) atoms. The second-order valence-electron chi connectivity index (χ2n) is 4.05. The number of nitrogens with zero attached hydrogens (tertiary/aromatic N) is 1. The molecule has 0 aliphatic heterocycles. The lowest BCUT2D eigenvalue weighted by molar-refractivity contribution is 0.303. The van der Waals surface area contributed by atoms with Gasteiger partial charge in [-0.15, -0.1) is 11.6 Å². The summed E-state index contributed by atoms with van der Waals surface area (Å²) in [5, 5.41) is 9.49. The quantitative estimate of drug-likeness (QED) is 0.769. The molecule has 0 saturated heterocycles. The van der Waals surface area contributed by atoms with E-state index in [9.17, 15) is 4.39 Å². The van der Waals surface area contributed by atoms with Crippen LogP contribution in [0.2, 0.25) is 5.02 Å². The Morgan fingerprint density at radius 3 is 2.75 bits per heavy atom. The standard InChI is InChI=1S/C15H10Cl2FNO/c16-7-13-14(17)2-1-3-15(13)20-9-11-6-12(18)5-4-10(11)8-19/h1-6H,7,9H2. The van der Waals surface area contributed by atoms with Crippen molar-refractivity contribution in [3.63, 3.8) is 0 Å². The molecule has 2 nitrogen and oxygen atoms in total. The highest BCUT2D eigenvalue weighted by molar-refractivity contribution is 6.32. The van der Waals surface area contributed by atoms with Crippen molar-refractivity contribution in [1.82, 2.24) is 0 Å². The van der Waals surface area contributed by atoms with Gasteiger partial charge in [0.1, 0.15) is 18.2 Å². The Balaban J connectivity index is 2.24. The number of ether oxygens (including phenoxy) is 1. The molecule has 0 aliphatic rings. The summed E-state index contributed by atoms with van der Waals surface area (Å²) < 4.78 is 18.8. The first-order chi connectivity index (χ1) is 9.65. The summed E-state index contributed by atoms with van der Waals surface area (Å²) >= 11 is 11.8. The van der Waals surface area contributed by atoms with Gasteiger partial charge in [-0.1, -0.05) is 17.7 Å². The van der Waals surface area contributed by atoms with Crippen LogP contribution in [0.15, 0.2) is 36.4 Å². The Hall–Kier alpha value is -1.76. The van der Waals surface area contributed by atoms with Crippen molar-refractivity contribution in [2.45, 2.75) is 12.5 Å². The molecule has 0 aliphatic carbocycles. The lowest BCUT2D eigenvalue weighted by Crippen LogP contribution is -2.01. The molecule has 0 heterocycles. The van der Waals surface area contributed by atoms with Crippen LogP contribution in [0.4, 0.5) is 4.39 Å². The third-order valence-electron chi connectivity index (χ3n) is 2.78. The second kappa shape index (κ2) is 6.60. The van der Waals surface area contributed by atoms with Crippen LogP contribution in [-0.4, -0.2) is 0 Å². The first kappa shape index (κ1) is 14.6. The summed E-state index contributed by atoms with van der Waals surface area (Å²) in [5.41, 5.74) is 1.53. The molecule has 0 N–H and O–H groups in total. The molecule has 0 spiro atoms. The fraction of sp³-hybridized carbons (Fsp3) is 0.133.